The minimum absolute atomic E-state index is 0.0297. The molecule has 8 heteroatoms. The molecule has 4 rings (SSSR count). The lowest BCUT2D eigenvalue weighted by Gasteiger charge is -2.35. The molecule has 144 valence electrons. The lowest BCUT2D eigenvalue weighted by atomic mass is 10.2. The Morgan fingerprint density at radius 3 is 2.50 bits per heavy atom. The van der Waals surface area contributed by atoms with Crippen molar-refractivity contribution in [1.82, 2.24) is 19.4 Å². The third-order valence-corrected chi connectivity index (χ3v) is 5.21. The molecular formula is C20H20ClN5O2. The van der Waals surface area contributed by atoms with Gasteiger partial charge in [0.2, 0.25) is 0 Å². The smallest absolute Gasteiger partial charge is 0.295 e. The monoisotopic (exact) mass is 397 g/mol. The average molecular weight is 398 g/mol. The number of carbonyl (C=O) groups is 1. The Kier molecular flexibility index (Phi) is 5.00. The van der Waals surface area contributed by atoms with Crippen LogP contribution < -0.4 is 10.5 Å². The summed E-state index contributed by atoms with van der Waals surface area (Å²) < 4.78 is 1.64. The number of nitrogens with zero attached hydrogens (tertiary/aromatic N) is 5. The normalized spacial score (nSPS) is 14.5. The highest BCUT2D eigenvalue weighted by atomic mass is 35.5. The molecule has 0 atom stereocenters. The van der Waals surface area contributed by atoms with E-state index in [0.717, 1.165) is 0 Å². The van der Waals surface area contributed by atoms with Gasteiger partial charge in [0.25, 0.3) is 11.5 Å². The van der Waals surface area contributed by atoms with Gasteiger partial charge in [-0.15, -0.1) is 0 Å². The number of carbonyl (C=O) groups excluding carboxylic acids is 1. The van der Waals surface area contributed by atoms with E-state index in [0.29, 0.717) is 60.3 Å². The minimum atomic E-state index is -0.147. The van der Waals surface area contributed by atoms with Crippen LogP contribution in [-0.2, 0) is 6.54 Å². The molecule has 2 aromatic heterocycles. The van der Waals surface area contributed by atoms with Gasteiger partial charge in [0, 0.05) is 49.5 Å². The quantitative estimate of drug-likeness (QED) is 0.678. The lowest BCUT2D eigenvalue weighted by Crippen LogP contribution is -2.50. The predicted molar refractivity (Wildman–Crippen MR) is 109 cm³/mol. The maximum atomic E-state index is 12.9. The molecule has 0 N–H and O–H groups in total. The van der Waals surface area contributed by atoms with E-state index < -0.39 is 0 Å². The Bertz CT molecular complexity index is 1070. The fourth-order valence-corrected chi connectivity index (χ4v) is 3.58. The first-order valence-corrected chi connectivity index (χ1v) is 9.61. The molecule has 3 aromatic rings. The SMILES string of the molecule is CCn1c(=O)c(N2CCN(C(=O)c3ccc(Cl)cc3)CC2)nc2cccnc21. The van der Waals surface area contributed by atoms with Crippen LogP contribution in [0.4, 0.5) is 5.82 Å². The molecule has 0 aliphatic carbocycles. The van der Waals surface area contributed by atoms with Crippen molar-refractivity contribution in [2.75, 3.05) is 31.1 Å². The first-order valence-electron chi connectivity index (χ1n) is 9.24. The van der Waals surface area contributed by atoms with Gasteiger partial charge in [0.15, 0.2) is 11.5 Å². The minimum Gasteiger partial charge on any atom is -0.348 e. The van der Waals surface area contributed by atoms with E-state index in [-0.39, 0.29) is 11.5 Å². The fourth-order valence-electron chi connectivity index (χ4n) is 3.46. The number of aromatic nitrogens is 3. The molecule has 7 nitrogen and oxygen atoms in total. The first kappa shape index (κ1) is 18.4. The molecule has 0 bridgehead atoms. The molecule has 1 fully saturated rings. The topological polar surface area (TPSA) is 71.3 Å². The van der Waals surface area contributed by atoms with E-state index in [1.165, 1.54) is 0 Å². The predicted octanol–water partition coefficient (Wildman–Crippen LogP) is 2.43. The van der Waals surface area contributed by atoms with Crippen molar-refractivity contribution in [3.05, 3.63) is 63.5 Å². The molecule has 0 saturated carbocycles. The molecule has 0 radical (unpaired) electrons. The Labute approximate surface area is 167 Å². The molecule has 3 heterocycles. The summed E-state index contributed by atoms with van der Waals surface area (Å²) in [6.45, 7) is 4.60. The molecular weight excluding hydrogens is 378 g/mol. The van der Waals surface area contributed by atoms with Crippen LogP contribution in [0, 0.1) is 0 Å². The van der Waals surface area contributed by atoms with E-state index in [2.05, 4.69) is 9.97 Å². The molecule has 1 aliphatic rings. The van der Waals surface area contributed by atoms with Gasteiger partial charge in [-0.1, -0.05) is 11.6 Å². The summed E-state index contributed by atoms with van der Waals surface area (Å²) in [6, 6.07) is 10.6. The summed E-state index contributed by atoms with van der Waals surface area (Å²) in [5.74, 6) is 0.388. The zero-order chi connectivity index (χ0) is 19.7. The molecule has 1 aromatic carbocycles. The second-order valence-corrected chi connectivity index (χ2v) is 7.05. The van der Waals surface area contributed by atoms with Crippen LogP contribution in [0.25, 0.3) is 11.2 Å². The Morgan fingerprint density at radius 2 is 1.82 bits per heavy atom. The molecule has 0 unspecified atom stereocenters. The second kappa shape index (κ2) is 7.59. The third kappa shape index (κ3) is 3.33. The van der Waals surface area contributed by atoms with Crippen LogP contribution in [-0.4, -0.2) is 51.5 Å². The van der Waals surface area contributed by atoms with Gasteiger partial charge in [-0.25, -0.2) is 9.97 Å². The second-order valence-electron chi connectivity index (χ2n) is 6.62. The maximum Gasteiger partial charge on any atom is 0.295 e. The number of fused-ring (bicyclic) bond motifs is 1. The van der Waals surface area contributed by atoms with E-state index in [9.17, 15) is 9.59 Å². The number of anilines is 1. The van der Waals surface area contributed by atoms with E-state index in [1.807, 2.05) is 24.0 Å². The highest BCUT2D eigenvalue weighted by Crippen LogP contribution is 2.17. The zero-order valence-electron chi connectivity index (χ0n) is 15.5. The standard InChI is InChI=1S/C20H20ClN5O2/c1-2-26-17-16(4-3-9-22-17)23-18(20(26)28)24-10-12-25(13-11-24)19(27)14-5-7-15(21)8-6-14/h3-9H,2,10-13H2,1H3. The number of aryl methyl sites for hydroxylation is 1. The van der Waals surface area contributed by atoms with Gasteiger partial charge in [-0.2, -0.15) is 0 Å². The van der Waals surface area contributed by atoms with Crippen LogP contribution in [0.1, 0.15) is 17.3 Å². The summed E-state index contributed by atoms with van der Waals surface area (Å²) in [7, 11) is 0. The Hall–Kier alpha value is -2.93. The number of rotatable bonds is 3. The van der Waals surface area contributed by atoms with Crippen LogP contribution >= 0.6 is 11.6 Å². The van der Waals surface area contributed by atoms with Crippen molar-refractivity contribution in [2.24, 2.45) is 0 Å². The number of benzene rings is 1. The number of halogens is 1. The highest BCUT2D eigenvalue weighted by molar-refractivity contribution is 6.30. The van der Waals surface area contributed by atoms with Gasteiger partial charge in [-0.3, -0.25) is 14.2 Å². The van der Waals surface area contributed by atoms with Crippen LogP contribution in [0.5, 0.6) is 0 Å². The lowest BCUT2D eigenvalue weighted by molar-refractivity contribution is 0.0746. The number of amides is 1. The van der Waals surface area contributed by atoms with Crippen LogP contribution in [0.15, 0.2) is 47.4 Å². The van der Waals surface area contributed by atoms with Gasteiger partial charge < -0.3 is 9.80 Å². The van der Waals surface area contributed by atoms with Crippen molar-refractivity contribution in [3.63, 3.8) is 0 Å². The first-order chi connectivity index (χ1) is 13.6. The van der Waals surface area contributed by atoms with Crippen molar-refractivity contribution >= 4 is 34.5 Å². The molecule has 0 spiro atoms. The molecule has 1 amide bonds. The van der Waals surface area contributed by atoms with E-state index >= 15 is 0 Å². The van der Waals surface area contributed by atoms with Gasteiger partial charge in [0.05, 0.1) is 0 Å². The van der Waals surface area contributed by atoms with Crippen molar-refractivity contribution in [2.45, 2.75) is 13.5 Å². The van der Waals surface area contributed by atoms with Crippen molar-refractivity contribution in [3.8, 4) is 0 Å². The van der Waals surface area contributed by atoms with Crippen LogP contribution in [0.3, 0.4) is 0 Å². The number of pyridine rings is 1. The number of hydrogen-bond donors (Lipinski definition) is 0. The zero-order valence-corrected chi connectivity index (χ0v) is 16.3. The number of hydrogen-bond acceptors (Lipinski definition) is 5. The summed E-state index contributed by atoms with van der Waals surface area (Å²) in [6.07, 6.45) is 1.66. The average Bonchev–Trinajstić information content (AvgIpc) is 2.73. The third-order valence-electron chi connectivity index (χ3n) is 4.96. The summed E-state index contributed by atoms with van der Waals surface area (Å²) in [5, 5.41) is 0.602. The van der Waals surface area contributed by atoms with Crippen molar-refractivity contribution in [1.29, 1.82) is 0 Å². The van der Waals surface area contributed by atoms with Gasteiger partial charge >= 0.3 is 0 Å². The fraction of sp³-hybridized carbons (Fsp3) is 0.300. The van der Waals surface area contributed by atoms with E-state index in [1.54, 1.807) is 39.9 Å². The molecule has 28 heavy (non-hydrogen) atoms. The maximum absolute atomic E-state index is 12.9. The van der Waals surface area contributed by atoms with E-state index in [4.69, 9.17) is 11.6 Å². The summed E-state index contributed by atoms with van der Waals surface area (Å²) >= 11 is 5.90. The molecule has 1 saturated heterocycles. The largest absolute Gasteiger partial charge is 0.348 e. The van der Waals surface area contributed by atoms with Crippen molar-refractivity contribution < 1.29 is 4.79 Å². The number of piperazine rings is 1. The Balaban J connectivity index is 1.55. The van der Waals surface area contributed by atoms with Crippen LogP contribution in [0.2, 0.25) is 5.02 Å². The summed E-state index contributed by atoms with van der Waals surface area (Å²) in [5.41, 5.74) is 1.75. The molecule has 1 aliphatic heterocycles. The summed E-state index contributed by atoms with van der Waals surface area (Å²) in [4.78, 5) is 38.2. The van der Waals surface area contributed by atoms with Gasteiger partial charge in [0.1, 0.15) is 5.52 Å². The Morgan fingerprint density at radius 1 is 1.11 bits per heavy atom. The highest BCUT2D eigenvalue weighted by Gasteiger charge is 2.25. The van der Waals surface area contributed by atoms with Gasteiger partial charge in [-0.05, 0) is 43.3 Å².